The van der Waals surface area contributed by atoms with E-state index in [4.69, 9.17) is 0 Å². The largest absolute Gasteiger partial charge is 0.394 e. The second-order valence-corrected chi connectivity index (χ2v) is 5.81. The molecule has 1 fully saturated rings. The molecule has 2 N–H and O–H groups in total. The number of nitrogens with one attached hydrogen (secondary N) is 1. The van der Waals surface area contributed by atoms with Gasteiger partial charge in [-0.15, -0.1) is 0 Å². The Kier molecular flexibility index (Phi) is 5.22. The van der Waals surface area contributed by atoms with Crippen molar-refractivity contribution in [1.29, 1.82) is 0 Å². The van der Waals surface area contributed by atoms with Gasteiger partial charge in [0, 0.05) is 12.1 Å². The number of likely N-dealkylation sites (tertiary alicyclic amines) is 1. The molecule has 0 aromatic carbocycles. The van der Waals surface area contributed by atoms with E-state index in [0.717, 1.165) is 24.8 Å². The van der Waals surface area contributed by atoms with E-state index in [1.165, 1.54) is 19.5 Å². The van der Waals surface area contributed by atoms with Crippen LogP contribution in [0.3, 0.4) is 0 Å². The standard InChI is InChI=1S/C13H28N2O/c1-11(2)12-5-7-15(9-12)8-6-13(3,10-16)14-4/h11-12,14,16H,5-10H2,1-4H3. The van der Waals surface area contributed by atoms with Crippen LogP contribution in [0, 0.1) is 11.8 Å². The van der Waals surface area contributed by atoms with Gasteiger partial charge in [-0.05, 0) is 51.7 Å². The van der Waals surface area contributed by atoms with Gasteiger partial charge in [-0.3, -0.25) is 0 Å². The fourth-order valence-electron chi connectivity index (χ4n) is 2.30. The Morgan fingerprint density at radius 2 is 2.19 bits per heavy atom. The quantitative estimate of drug-likeness (QED) is 0.720. The van der Waals surface area contributed by atoms with Crippen LogP contribution >= 0.6 is 0 Å². The van der Waals surface area contributed by atoms with Crippen LogP contribution in [0.4, 0.5) is 0 Å². The fraction of sp³-hybridized carbons (Fsp3) is 1.00. The highest BCUT2D eigenvalue weighted by molar-refractivity contribution is 4.84. The van der Waals surface area contributed by atoms with Crippen molar-refractivity contribution in [3.05, 3.63) is 0 Å². The number of rotatable bonds is 6. The molecule has 16 heavy (non-hydrogen) atoms. The van der Waals surface area contributed by atoms with Gasteiger partial charge in [0.1, 0.15) is 0 Å². The number of hydrogen-bond acceptors (Lipinski definition) is 3. The molecule has 1 heterocycles. The first kappa shape index (κ1) is 13.9. The Labute approximate surface area is 100 Å². The number of hydrogen-bond donors (Lipinski definition) is 2. The van der Waals surface area contributed by atoms with E-state index in [1.54, 1.807) is 0 Å². The molecule has 1 rings (SSSR count). The van der Waals surface area contributed by atoms with Gasteiger partial charge in [-0.25, -0.2) is 0 Å². The van der Waals surface area contributed by atoms with Crippen molar-refractivity contribution >= 4 is 0 Å². The highest BCUT2D eigenvalue weighted by atomic mass is 16.3. The van der Waals surface area contributed by atoms with Gasteiger partial charge in [-0.1, -0.05) is 13.8 Å². The second kappa shape index (κ2) is 5.99. The van der Waals surface area contributed by atoms with Gasteiger partial charge in [0.2, 0.25) is 0 Å². The van der Waals surface area contributed by atoms with Crippen molar-refractivity contribution in [2.75, 3.05) is 33.3 Å². The summed E-state index contributed by atoms with van der Waals surface area (Å²) >= 11 is 0. The summed E-state index contributed by atoms with van der Waals surface area (Å²) in [7, 11) is 1.93. The van der Waals surface area contributed by atoms with Crippen LogP contribution in [0.25, 0.3) is 0 Å². The molecule has 0 saturated carbocycles. The Balaban J connectivity index is 2.29. The summed E-state index contributed by atoms with van der Waals surface area (Å²) in [5.41, 5.74) is -0.115. The van der Waals surface area contributed by atoms with Gasteiger partial charge < -0.3 is 15.3 Å². The number of aliphatic hydroxyl groups is 1. The monoisotopic (exact) mass is 228 g/mol. The highest BCUT2D eigenvalue weighted by Gasteiger charge is 2.27. The molecule has 0 aromatic rings. The van der Waals surface area contributed by atoms with Crippen LogP contribution in [0.2, 0.25) is 0 Å². The Morgan fingerprint density at radius 3 is 2.62 bits per heavy atom. The lowest BCUT2D eigenvalue weighted by Crippen LogP contribution is -2.45. The lowest BCUT2D eigenvalue weighted by Gasteiger charge is -2.29. The molecule has 0 bridgehead atoms. The molecule has 0 aromatic heterocycles. The zero-order valence-corrected chi connectivity index (χ0v) is 11.3. The van der Waals surface area contributed by atoms with Crippen molar-refractivity contribution in [2.24, 2.45) is 11.8 Å². The second-order valence-electron chi connectivity index (χ2n) is 5.81. The van der Waals surface area contributed by atoms with Crippen molar-refractivity contribution in [2.45, 2.75) is 39.2 Å². The zero-order valence-electron chi connectivity index (χ0n) is 11.3. The summed E-state index contributed by atoms with van der Waals surface area (Å²) in [6.07, 6.45) is 2.36. The predicted octanol–water partition coefficient (Wildman–Crippen LogP) is 1.32. The van der Waals surface area contributed by atoms with Crippen LogP contribution in [-0.2, 0) is 0 Å². The summed E-state index contributed by atoms with van der Waals surface area (Å²) in [5, 5.41) is 12.5. The van der Waals surface area contributed by atoms with E-state index in [2.05, 4.69) is 31.0 Å². The molecular formula is C13H28N2O. The molecule has 1 saturated heterocycles. The third-order valence-corrected chi connectivity index (χ3v) is 4.18. The van der Waals surface area contributed by atoms with Crippen LogP contribution in [0.5, 0.6) is 0 Å². The SMILES string of the molecule is CNC(C)(CO)CCN1CCC(C(C)C)C1. The van der Waals surface area contributed by atoms with E-state index < -0.39 is 0 Å². The van der Waals surface area contributed by atoms with Crippen molar-refractivity contribution in [3.8, 4) is 0 Å². The van der Waals surface area contributed by atoms with Crippen molar-refractivity contribution in [3.63, 3.8) is 0 Å². The van der Waals surface area contributed by atoms with Gasteiger partial charge in [0.05, 0.1) is 6.61 Å². The van der Waals surface area contributed by atoms with E-state index >= 15 is 0 Å². The third-order valence-electron chi connectivity index (χ3n) is 4.18. The van der Waals surface area contributed by atoms with Gasteiger partial charge in [-0.2, -0.15) is 0 Å². The Bertz CT molecular complexity index is 202. The molecule has 2 unspecified atom stereocenters. The topological polar surface area (TPSA) is 35.5 Å². The summed E-state index contributed by atoms with van der Waals surface area (Å²) < 4.78 is 0. The van der Waals surface area contributed by atoms with Gasteiger partial charge in [0.25, 0.3) is 0 Å². The lowest BCUT2D eigenvalue weighted by atomic mass is 9.95. The molecule has 3 nitrogen and oxygen atoms in total. The molecule has 96 valence electrons. The van der Waals surface area contributed by atoms with E-state index in [9.17, 15) is 5.11 Å². The summed E-state index contributed by atoms with van der Waals surface area (Å²) in [4.78, 5) is 2.54. The maximum Gasteiger partial charge on any atom is 0.0610 e. The van der Waals surface area contributed by atoms with E-state index in [0.29, 0.717) is 0 Å². The van der Waals surface area contributed by atoms with E-state index in [1.807, 2.05) is 7.05 Å². The Morgan fingerprint density at radius 1 is 1.50 bits per heavy atom. The third kappa shape index (κ3) is 3.72. The molecule has 1 aliphatic heterocycles. The average molecular weight is 228 g/mol. The molecule has 0 amide bonds. The molecule has 3 heteroatoms. The van der Waals surface area contributed by atoms with Crippen molar-refractivity contribution in [1.82, 2.24) is 10.2 Å². The van der Waals surface area contributed by atoms with E-state index in [-0.39, 0.29) is 12.1 Å². The highest BCUT2D eigenvalue weighted by Crippen LogP contribution is 2.24. The first-order valence-corrected chi connectivity index (χ1v) is 6.53. The summed E-state index contributed by atoms with van der Waals surface area (Å²) in [5.74, 6) is 1.67. The maximum atomic E-state index is 9.32. The average Bonchev–Trinajstić information content (AvgIpc) is 2.75. The van der Waals surface area contributed by atoms with Crippen LogP contribution in [0.1, 0.15) is 33.6 Å². The number of likely N-dealkylation sites (N-methyl/N-ethyl adjacent to an activating group) is 1. The predicted molar refractivity (Wildman–Crippen MR) is 68.6 cm³/mol. The minimum absolute atomic E-state index is 0.115. The van der Waals surface area contributed by atoms with Crippen molar-refractivity contribution < 1.29 is 5.11 Å². The van der Waals surface area contributed by atoms with Gasteiger partial charge >= 0.3 is 0 Å². The Hall–Kier alpha value is -0.120. The summed E-state index contributed by atoms with van der Waals surface area (Å²) in [6.45, 7) is 10.5. The molecule has 0 radical (unpaired) electrons. The van der Waals surface area contributed by atoms with Crippen LogP contribution in [0.15, 0.2) is 0 Å². The normalized spacial score (nSPS) is 26.2. The van der Waals surface area contributed by atoms with Crippen LogP contribution in [-0.4, -0.2) is 48.8 Å². The van der Waals surface area contributed by atoms with Gasteiger partial charge in [0.15, 0.2) is 0 Å². The molecule has 1 aliphatic rings. The fourth-order valence-corrected chi connectivity index (χ4v) is 2.30. The maximum absolute atomic E-state index is 9.32. The first-order chi connectivity index (χ1) is 7.50. The first-order valence-electron chi connectivity index (χ1n) is 6.53. The molecule has 0 spiro atoms. The molecular weight excluding hydrogens is 200 g/mol. The minimum Gasteiger partial charge on any atom is -0.394 e. The summed E-state index contributed by atoms with van der Waals surface area (Å²) in [6, 6.07) is 0. The van der Waals surface area contributed by atoms with Crippen LogP contribution < -0.4 is 5.32 Å². The lowest BCUT2D eigenvalue weighted by molar-refractivity contribution is 0.156. The number of aliphatic hydroxyl groups excluding tert-OH is 1. The molecule has 2 atom stereocenters. The molecule has 0 aliphatic carbocycles. The number of nitrogens with zero attached hydrogens (tertiary/aromatic N) is 1. The zero-order chi connectivity index (χ0) is 12.2. The smallest absolute Gasteiger partial charge is 0.0610 e. The minimum atomic E-state index is -0.115.